The monoisotopic (exact) mass is 669 g/mol. The lowest BCUT2D eigenvalue weighted by atomic mass is 9.82. The zero-order valence-electron chi connectivity index (χ0n) is 28.6. The third-order valence-electron chi connectivity index (χ3n) is 10.9. The van der Waals surface area contributed by atoms with Crippen LogP contribution in [0.1, 0.15) is 25.0 Å². The molecule has 0 N–H and O–H groups in total. The molecule has 0 saturated heterocycles. The van der Waals surface area contributed by atoms with Crippen LogP contribution in [0.3, 0.4) is 0 Å². The maximum atomic E-state index is 2.46. The molecule has 0 radical (unpaired) electrons. The lowest BCUT2D eigenvalue weighted by Crippen LogP contribution is -2.16. The van der Waals surface area contributed by atoms with Gasteiger partial charge in [-0.3, -0.25) is 0 Å². The Morgan fingerprint density at radius 1 is 0.412 bits per heavy atom. The Kier molecular flexibility index (Phi) is 6.78. The molecule has 1 aromatic heterocycles. The fraction of sp³-hybridized carbons (Fsp3) is 0.0612. The lowest BCUT2D eigenvalue weighted by molar-refractivity contribution is 0.660. The molecule has 9 aromatic rings. The standard InChI is InChI=1S/C49H35NS/c1-49(2)44-19-8-5-16-40(44)41-28-27-36(31-45(41)49)50(35-25-22-33(23-26-35)38-18-11-13-32-12-3-4-14-37(32)38)46-20-9-6-15-39(46)34-24-29-48-43(30-34)42-17-7-10-21-47(42)51-48/h3-31H,1-2H3. The topological polar surface area (TPSA) is 3.24 Å². The lowest BCUT2D eigenvalue weighted by Gasteiger charge is -2.30. The van der Waals surface area contributed by atoms with Gasteiger partial charge in [-0.25, -0.2) is 0 Å². The second-order valence-corrected chi connectivity index (χ2v) is 15.2. The first-order valence-electron chi connectivity index (χ1n) is 17.7. The quantitative estimate of drug-likeness (QED) is 0.176. The first-order valence-corrected chi connectivity index (χ1v) is 18.5. The first kappa shape index (κ1) is 29.9. The predicted molar refractivity (Wildman–Crippen MR) is 220 cm³/mol. The minimum absolute atomic E-state index is 0.101. The van der Waals surface area contributed by atoms with Crippen molar-refractivity contribution >= 4 is 59.3 Å². The number of nitrogens with zero attached hydrogens (tertiary/aromatic N) is 1. The molecule has 0 amide bonds. The number of para-hydroxylation sites is 1. The fourth-order valence-electron chi connectivity index (χ4n) is 8.33. The molecule has 0 bridgehead atoms. The van der Waals surface area contributed by atoms with Crippen LogP contribution in [-0.2, 0) is 5.41 Å². The Hall–Kier alpha value is -5.96. The number of anilines is 3. The van der Waals surface area contributed by atoms with E-state index in [0.29, 0.717) is 0 Å². The summed E-state index contributed by atoms with van der Waals surface area (Å²) in [4.78, 5) is 2.46. The molecule has 0 fully saturated rings. The van der Waals surface area contributed by atoms with E-state index in [-0.39, 0.29) is 5.41 Å². The van der Waals surface area contributed by atoms with Gasteiger partial charge in [0.25, 0.3) is 0 Å². The molecule has 10 rings (SSSR count). The van der Waals surface area contributed by atoms with Gasteiger partial charge in [0.2, 0.25) is 0 Å². The molecule has 0 unspecified atom stereocenters. The van der Waals surface area contributed by atoms with Gasteiger partial charge in [-0.2, -0.15) is 0 Å². The number of hydrogen-bond donors (Lipinski definition) is 0. The first-order chi connectivity index (χ1) is 25.0. The van der Waals surface area contributed by atoms with Gasteiger partial charge in [0.1, 0.15) is 0 Å². The zero-order chi connectivity index (χ0) is 34.1. The van der Waals surface area contributed by atoms with Crippen molar-refractivity contribution in [3.63, 3.8) is 0 Å². The SMILES string of the molecule is CC1(C)c2ccccc2-c2ccc(N(c3ccc(-c4cccc5ccccc45)cc3)c3ccccc3-c3ccc4sc5ccccc5c4c3)cc21. The Morgan fingerprint density at radius 2 is 1.04 bits per heavy atom. The van der Waals surface area contributed by atoms with E-state index in [0.717, 1.165) is 17.1 Å². The van der Waals surface area contributed by atoms with Crippen molar-refractivity contribution in [2.75, 3.05) is 4.90 Å². The largest absolute Gasteiger partial charge is 0.310 e. The Bertz CT molecular complexity index is 2780. The Morgan fingerprint density at radius 3 is 1.92 bits per heavy atom. The van der Waals surface area contributed by atoms with Gasteiger partial charge in [0.05, 0.1) is 5.69 Å². The zero-order valence-corrected chi connectivity index (χ0v) is 29.4. The predicted octanol–water partition coefficient (Wildman–Crippen LogP) is 14.3. The number of thiophene rings is 1. The van der Waals surface area contributed by atoms with E-state index >= 15 is 0 Å². The molecule has 8 aromatic carbocycles. The van der Waals surface area contributed by atoms with Gasteiger partial charge >= 0.3 is 0 Å². The minimum atomic E-state index is -0.101. The summed E-state index contributed by atoms with van der Waals surface area (Å²) < 4.78 is 2.64. The van der Waals surface area contributed by atoms with Gasteiger partial charge in [0.15, 0.2) is 0 Å². The van der Waals surface area contributed by atoms with Crippen LogP contribution in [0.15, 0.2) is 176 Å². The highest BCUT2D eigenvalue weighted by Gasteiger charge is 2.35. The van der Waals surface area contributed by atoms with E-state index in [9.17, 15) is 0 Å². The van der Waals surface area contributed by atoms with Gasteiger partial charge in [-0.15, -0.1) is 11.3 Å². The molecule has 2 heteroatoms. The highest BCUT2D eigenvalue weighted by molar-refractivity contribution is 7.25. The summed E-state index contributed by atoms with van der Waals surface area (Å²) in [6, 6.07) is 64.9. The van der Waals surface area contributed by atoms with E-state index in [4.69, 9.17) is 0 Å². The van der Waals surface area contributed by atoms with Gasteiger partial charge in [-0.05, 0) is 98.2 Å². The van der Waals surface area contributed by atoms with Crippen LogP contribution in [0.5, 0.6) is 0 Å². The maximum absolute atomic E-state index is 2.46. The van der Waals surface area contributed by atoms with Crippen LogP contribution < -0.4 is 4.90 Å². The number of hydrogen-bond acceptors (Lipinski definition) is 2. The van der Waals surface area contributed by atoms with Crippen molar-refractivity contribution in [2.24, 2.45) is 0 Å². The Labute approximate surface area is 302 Å². The maximum Gasteiger partial charge on any atom is 0.0540 e. The minimum Gasteiger partial charge on any atom is -0.310 e. The molecule has 1 heterocycles. The molecule has 0 atom stereocenters. The summed E-state index contributed by atoms with van der Waals surface area (Å²) in [6.07, 6.45) is 0. The van der Waals surface area contributed by atoms with Crippen LogP contribution >= 0.6 is 11.3 Å². The van der Waals surface area contributed by atoms with Crippen LogP contribution in [-0.4, -0.2) is 0 Å². The molecule has 1 nitrogen and oxygen atoms in total. The summed E-state index contributed by atoms with van der Waals surface area (Å²) in [5, 5.41) is 5.16. The van der Waals surface area contributed by atoms with Gasteiger partial charge < -0.3 is 4.90 Å². The number of benzene rings is 8. The third kappa shape index (κ3) is 4.75. The average molecular weight is 670 g/mol. The number of fused-ring (bicyclic) bond motifs is 7. The number of rotatable bonds is 5. The molecular weight excluding hydrogens is 635 g/mol. The molecule has 1 aliphatic carbocycles. The third-order valence-corrected chi connectivity index (χ3v) is 12.0. The summed E-state index contributed by atoms with van der Waals surface area (Å²) in [6.45, 7) is 4.72. The van der Waals surface area contributed by atoms with E-state index in [1.807, 2.05) is 11.3 Å². The van der Waals surface area contributed by atoms with Crippen LogP contribution in [0.4, 0.5) is 17.1 Å². The van der Waals surface area contributed by atoms with Crippen LogP contribution in [0, 0.1) is 0 Å². The smallest absolute Gasteiger partial charge is 0.0540 e. The van der Waals surface area contributed by atoms with E-state index in [2.05, 4.69) is 195 Å². The summed E-state index contributed by atoms with van der Waals surface area (Å²) in [5.74, 6) is 0. The van der Waals surface area contributed by atoms with Crippen LogP contribution in [0.2, 0.25) is 0 Å². The average Bonchev–Trinajstić information content (AvgIpc) is 3.66. The van der Waals surface area contributed by atoms with Crippen molar-refractivity contribution in [3.8, 4) is 33.4 Å². The van der Waals surface area contributed by atoms with Crippen molar-refractivity contribution in [1.82, 2.24) is 0 Å². The van der Waals surface area contributed by atoms with Crippen molar-refractivity contribution in [1.29, 1.82) is 0 Å². The molecular formula is C49H35NS. The fourth-order valence-corrected chi connectivity index (χ4v) is 9.42. The van der Waals surface area contributed by atoms with Gasteiger partial charge in [0, 0.05) is 42.5 Å². The van der Waals surface area contributed by atoms with E-state index < -0.39 is 0 Å². The van der Waals surface area contributed by atoms with E-state index in [1.54, 1.807) is 0 Å². The summed E-state index contributed by atoms with van der Waals surface area (Å²) in [5.41, 5.74) is 13.6. The normalized spacial score (nSPS) is 13.1. The van der Waals surface area contributed by atoms with Crippen LogP contribution in [0.25, 0.3) is 64.3 Å². The van der Waals surface area contributed by atoms with Crippen molar-refractivity contribution < 1.29 is 0 Å². The molecule has 0 aliphatic heterocycles. The van der Waals surface area contributed by atoms with E-state index in [1.165, 1.54) is 75.5 Å². The summed E-state index contributed by atoms with van der Waals surface area (Å²) in [7, 11) is 0. The molecule has 51 heavy (non-hydrogen) atoms. The molecule has 0 spiro atoms. The van der Waals surface area contributed by atoms with Crippen molar-refractivity contribution in [3.05, 3.63) is 187 Å². The summed E-state index contributed by atoms with van der Waals surface area (Å²) >= 11 is 1.87. The second-order valence-electron chi connectivity index (χ2n) is 14.1. The second kappa shape index (κ2) is 11.6. The molecule has 1 aliphatic rings. The highest BCUT2D eigenvalue weighted by Crippen LogP contribution is 2.51. The molecule has 0 saturated carbocycles. The van der Waals surface area contributed by atoms with Crippen molar-refractivity contribution in [2.45, 2.75) is 19.3 Å². The Balaban J connectivity index is 1.16. The highest BCUT2D eigenvalue weighted by atomic mass is 32.1. The molecule has 242 valence electrons. The van der Waals surface area contributed by atoms with Gasteiger partial charge in [-0.1, -0.05) is 141 Å².